The van der Waals surface area contributed by atoms with E-state index < -0.39 is 0 Å². The molecule has 8 heteroatoms. The third kappa shape index (κ3) is 4.16. The molecule has 152 valence electrons. The summed E-state index contributed by atoms with van der Waals surface area (Å²) < 4.78 is 10.6. The highest BCUT2D eigenvalue weighted by Crippen LogP contribution is 2.24. The van der Waals surface area contributed by atoms with E-state index in [1.54, 1.807) is 6.92 Å². The minimum absolute atomic E-state index is 0.122. The molecule has 4 rings (SSSR count). The summed E-state index contributed by atoms with van der Waals surface area (Å²) in [6.07, 6.45) is 2.73. The number of anilines is 1. The molecule has 1 saturated heterocycles. The molecule has 1 aliphatic rings. The quantitative estimate of drug-likeness (QED) is 0.684. The lowest BCUT2D eigenvalue weighted by atomic mass is 9.98. The minimum atomic E-state index is -0.122. The zero-order valence-corrected chi connectivity index (χ0v) is 16.7. The zero-order valence-electron chi connectivity index (χ0n) is 16.7. The van der Waals surface area contributed by atoms with Gasteiger partial charge in [-0.3, -0.25) is 4.79 Å². The Morgan fingerprint density at radius 2 is 2.07 bits per heavy atom. The number of hydrogen-bond acceptors (Lipinski definition) is 7. The first-order valence-corrected chi connectivity index (χ1v) is 10.0. The molecule has 3 aromatic rings. The molecule has 1 amide bonds. The molecule has 1 aliphatic heterocycles. The van der Waals surface area contributed by atoms with E-state index in [1.807, 2.05) is 37.3 Å². The lowest BCUT2D eigenvalue weighted by Crippen LogP contribution is -2.41. The SMILES string of the molecule is CCc1noc(C)c1C(=O)NCC1CCCN(c2noc(-c3ccccc3)n2)C1. The molecule has 0 aliphatic carbocycles. The Labute approximate surface area is 169 Å². The normalized spacial score (nSPS) is 16.8. The fourth-order valence-electron chi connectivity index (χ4n) is 3.73. The second-order valence-corrected chi connectivity index (χ2v) is 7.34. The summed E-state index contributed by atoms with van der Waals surface area (Å²) in [5, 5.41) is 11.2. The van der Waals surface area contributed by atoms with Crippen molar-refractivity contribution in [2.24, 2.45) is 5.92 Å². The molecule has 1 atom stereocenters. The van der Waals surface area contributed by atoms with E-state index in [9.17, 15) is 4.79 Å². The van der Waals surface area contributed by atoms with Crippen molar-refractivity contribution < 1.29 is 13.8 Å². The van der Waals surface area contributed by atoms with Crippen LogP contribution in [-0.4, -0.2) is 40.8 Å². The number of aromatic nitrogens is 3. The number of benzene rings is 1. The second kappa shape index (κ2) is 8.46. The number of amides is 1. The average Bonchev–Trinajstić information content (AvgIpc) is 3.40. The van der Waals surface area contributed by atoms with Crippen LogP contribution in [0.15, 0.2) is 39.4 Å². The van der Waals surface area contributed by atoms with Crippen molar-refractivity contribution in [1.29, 1.82) is 0 Å². The van der Waals surface area contributed by atoms with Crippen LogP contribution in [0.5, 0.6) is 0 Å². The topological polar surface area (TPSA) is 97.3 Å². The van der Waals surface area contributed by atoms with Gasteiger partial charge in [-0.05, 0) is 49.4 Å². The van der Waals surface area contributed by atoms with Gasteiger partial charge in [0.1, 0.15) is 11.3 Å². The molecule has 0 spiro atoms. The van der Waals surface area contributed by atoms with Crippen LogP contribution < -0.4 is 10.2 Å². The molecule has 1 unspecified atom stereocenters. The highest BCUT2D eigenvalue weighted by atomic mass is 16.5. The number of aryl methyl sites for hydroxylation is 2. The summed E-state index contributed by atoms with van der Waals surface area (Å²) in [6.45, 7) is 5.97. The second-order valence-electron chi connectivity index (χ2n) is 7.34. The van der Waals surface area contributed by atoms with Gasteiger partial charge in [0.25, 0.3) is 17.7 Å². The largest absolute Gasteiger partial charge is 0.361 e. The Morgan fingerprint density at radius 3 is 2.86 bits per heavy atom. The van der Waals surface area contributed by atoms with Gasteiger partial charge in [0, 0.05) is 25.2 Å². The number of nitrogens with zero attached hydrogens (tertiary/aromatic N) is 4. The molecule has 2 aromatic heterocycles. The minimum Gasteiger partial charge on any atom is -0.361 e. The van der Waals surface area contributed by atoms with Crippen LogP contribution in [0.25, 0.3) is 11.5 Å². The van der Waals surface area contributed by atoms with Crippen LogP contribution in [0.2, 0.25) is 0 Å². The first-order valence-electron chi connectivity index (χ1n) is 10.0. The van der Waals surface area contributed by atoms with Gasteiger partial charge in [-0.2, -0.15) is 4.98 Å². The highest BCUT2D eigenvalue weighted by Gasteiger charge is 2.25. The summed E-state index contributed by atoms with van der Waals surface area (Å²) in [5.74, 6) is 1.87. The molecule has 1 fully saturated rings. The highest BCUT2D eigenvalue weighted by molar-refractivity contribution is 5.96. The van der Waals surface area contributed by atoms with Gasteiger partial charge in [-0.25, -0.2) is 0 Å². The van der Waals surface area contributed by atoms with Crippen molar-refractivity contribution in [2.75, 3.05) is 24.5 Å². The Kier molecular flexibility index (Phi) is 5.59. The maximum atomic E-state index is 12.6. The van der Waals surface area contributed by atoms with E-state index in [0.29, 0.717) is 47.7 Å². The van der Waals surface area contributed by atoms with Crippen molar-refractivity contribution in [1.82, 2.24) is 20.6 Å². The van der Waals surface area contributed by atoms with Crippen LogP contribution in [0.1, 0.15) is 41.6 Å². The van der Waals surface area contributed by atoms with Crippen LogP contribution >= 0.6 is 0 Å². The molecule has 0 saturated carbocycles. The van der Waals surface area contributed by atoms with E-state index >= 15 is 0 Å². The zero-order chi connectivity index (χ0) is 20.2. The predicted octanol–water partition coefficient (Wildman–Crippen LogP) is 3.24. The fourth-order valence-corrected chi connectivity index (χ4v) is 3.73. The van der Waals surface area contributed by atoms with Gasteiger partial charge in [0.15, 0.2) is 0 Å². The van der Waals surface area contributed by atoms with E-state index in [-0.39, 0.29) is 5.91 Å². The van der Waals surface area contributed by atoms with Gasteiger partial charge in [0.2, 0.25) is 0 Å². The summed E-state index contributed by atoms with van der Waals surface area (Å²) in [7, 11) is 0. The van der Waals surface area contributed by atoms with Gasteiger partial charge in [-0.1, -0.05) is 30.3 Å². The van der Waals surface area contributed by atoms with Gasteiger partial charge in [-0.15, -0.1) is 0 Å². The Bertz CT molecular complexity index is 966. The van der Waals surface area contributed by atoms with Crippen LogP contribution in [0.4, 0.5) is 5.95 Å². The Morgan fingerprint density at radius 1 is 1.24 bits per heavy atom. The third-order valence-electron chi connectivity index (χ3n) is 5.28. The number of carbonyl (C=O) groups excluding carboxylic acids is 1. The maximum Gasteiger partial charge on any atom is 0.266 e. The number of piperidine rings is 1. The number of rotatable bonds is 6. The lowest BCUT2D eigenvalue weighted by molar-refractivity contribution is 0.0943. The maximum absolute atomic E-state index is 12.6. The molecule has 1 aromatic carbocycles. The van der Waals surface area contributed by atoms with Crippen molar-refractivity contribution in [3.8, 4) is 11.5 Å². The first-order chi connectivity index (χ1) is 14.2. The Hall–Kier alpha value is -3.16. The molecule has 29 heavy (non-hydrogen) atoms. The van der Waals surface area contributed by atoms with Crippen molar-refractivity contribution in [3.63, 3.8) is 0 Å². The van der Waals surface area contributed by atoms with Crippen molar-refractivity contribution >= 4 is 11.9 Å². The van der Waals surface area contributed by atoms with E-state index in [1.165, 1.54) is 0 Å². The average molecular weight is 395 g/mol. The monoisotopic (exact) mass is 395 g/mol. The summed E-state index contributed by atoms with van der Waals surface area (Å²) in [5.41, 5.74) is 2.17. The number of carbonyl (C=O) groups is 1. The van der Waals surface area contributed by atoms with E-state index in [0.717, 1.165) is 31.5 Å². The third-order valence-corrected chi connectivity index (χ3v) is 5.28. The van der Waals surface area contributed by atoms with Gasteiger partial charge in [0.05, 0.1) is 5.69 Å². The van der Waals surface area contributed by atoms with Gasteiger partial charge >= 0.3 is 0 Å². The molecule has 0 bridgehead atoms. The van der Waals surface area contributed by atoms with Crippen LogP contribution in [-0.2, 0) is 6.42 Å². The van der Waals surface area contributed by atoms with Crippen LogP contribution in [0.3, 0.4) is 0 Å². The molecular weight excluding hydrogens is 370 g/mol. The standard InChI is InChI=1S/C21H25N5O3/c1-3-17-18(14(2)28-24-17)19(27)22-12-15-8-7-11-26(13-15)21-23-20(29-25-21)16-9-5-4-6-10-16/h4-6,9-10,15H,3,7-8,11-13H2,1-2H3,(H,22,27). The van der Waals surface area contributed by atoms with Crippen LogP contribution in [0, 0.1) is 12.8 Å². The Balaban J connectivity index is 1.37. The smallest absolute Gasteiger partial charge is 0.266 e. The first kappa shape index (κ1) is 19.2. The molecule has 0 radical (unpaired) electrons. The van der Waals surface area contributed by atoms with E-state index in [2.05, 4.69) is 25.5 Å². The van der Waals surface area contributed by atoms with Crippen molar-refractivity contribution in [2.45, 2.75) is 33.1 Å². The number of hydrogen-bond donors (Lipinski definition) is 1. The lowest BCUT2D eigenvalue weighted by Gasteiger charge is -2.31. The van der Waals surface area contributed by atoms with E-state index in [4.69, 9.17) is 9.05 Å². The predicted molar refractivity (Wildman–Crippen MR) is 108 cm³/mol. The van der Waals surface area contributed by atoms with Gasteiger partial charge < -0.3 is 19.3 Å². The summed E-state index contributed by atoms with van der Waals surface area (Å²) >= 11 is 0. The fraction of sp³-hybridized carbons (Fsp3) is 0.429. The number of nitrogens with one attached hydrogen (secondary N) is 1. The summed E-state index contributed by atoms with van der Waals surface area (Å²) in [6, 6.07) is 9.74. The molecule has 1 N–H and O–H groups in total. The molecule has 3 heterocycles. The van der Waals surface area contributed by atoms with Crippen molar-refractivity contribution in [3.05, 3.63) is 47.3 Å². The summed E-state index contributed by atoms with van der Waals surface area (Å²) in [4.78, 5) is 19.3. The molecule has 8 nitrogen and oxygen atoms in total. The molecular formula is C21H25N5O3.